The number of hydrazine groups is 1. The van der Waals surface area contributed by atoms with Crippen molar-refractivity contribution in [2.24, 2.45) is 5.92 Å². The molecule has 0 fully saturated rings. The highest BCUT2D eigenvalue weighted by atomic mass is 16.5. The number of nitriles is 1. The highest BCUT2D eigenvalue weighted by molar-refractivity contribution is 5.90. The molecule has 2 aromatic carbocycles. The van der Waals surface area contributed by atoms with Gasteiger partial charge in [0.1, 0.15) is 11.8 Å². The predicted octanol–water partition coefficient (Wildman–Crippen LogP) is 2.08. The van der Waals surface area contributed by atoms with E-state index >= 15 is 0 Å². The summed E-state index contributed by atoms with van der Waals surface area (Å²) in [4.78, 5) is 39.3. The molecule has 1 aliphatic rings. The summed E-state index contributed by atoms with van der Waals surface area (Å²) in [7, 11) is 0. The fraction of sp³-hybridized carbons (Fsp3) is 0.333. The van der Waals surface area contributed by atoms with E-state index in [1.807, 2.05) is 44.2 Å². The zero-order valence-electron chi connectivity index (χ0n) is 18.1. The van der Waals surface area contributed by atoms with Gasteiger partial charge in [0.25, 0.3) is 11.8 Å². The molecule has 8 heteroatoms. The zero-order chi connectivity index (χ0) is 23.1. The van der Waals surface area contributed by atoms with Crippen LogP contribution in [-0.4, -0.2) is 35.3 Å². The number of hydrogen-bond acceptors (Lipinski definition) is 5. The minimum Gasteiger partial charge on any atom is -0.484 e. The molecule has 2 N–H and O–H groups in total. The third-order valence-electron chi connectivity index (χ3n) is 5.13. The topological polar surface area (TPSA) is 112 Å². The van der Waals surface area contributed by atoms with Crippen molar-refractivity contribution in [2.75, 3.05) is 6.61 Å². The molecule has 1 aliphatic heterocycles. The first-order valence-electron chi connectivity index (χ1n) is 10.4. The fourth-order valence-corrected chi connectivity index (χ4v) is 3.51. The molecular weight excluding hydrogens is 408 g/mol. The number of fused-ring (bicyclic) bond motifs is 1. The SMILES string of the molecule is CC(C)CC(=O)N1Cc2ccccc2CC1C(=O)NNC(=O)COc1ccc(C#N)cc1. The van der Waals surface area contributed by atoms with Crippen LogP contribution in [-0.2, 0) is 27.3 Å². The predicted molar refractivity (Wildman–Crippen MR) is 117 cm³/mol. The van der Waals surface area contributed by atoms with Crippen molar-refractivity contribution in [2.45, 2.75) is 39.3 Å². The largest absolute Gasteiger partial charge is 0.484 e. The van der Waals surface area contributed by atoms with E-state index in [9.17, 15) is 14.4 Å². The first-order chi connectivity index (χ1) is 15.4. The maximum atomic E-state index is 12.9. The van der Waals surface area contributed by atoms with E-state index in [4.69, 9.17) is 10.00 Å². The molecule has 3 rings (SSSR count). The Kier molecular flexibility index (Phi) is 7.45. The molecular formula is C24H26N4O4. The zero-order valence-corrected chi connectivity index (χ0v) is 18.1. The lowest BCUT2D eigenvalue weighted by atomic mass is 9.92. The quantitative estimate of drug-likeness (QED) is 0.676. The number of ether oxygens (including phenoxy) is 1. The Morgan fingerprint density at radius 2 is 1.78 bits per heavy atom. The minimum absolute atomic E-state index is 0.0925. The van der Waals surface area contributed by atoms with Gasteiger partial charge in [-0.05, 0) is 41.3 Å². The van der Waals surface area contributed by atoms with E-state index in [0.717, 1.165) is 11.1 Å². The van der Waals surface area contributed by atoms with Crippen LogP contribution in [0.4, 0.5) is 0 Å². The van der Waals surface area contributed by atoms with Crippen LogP contribution < -0.4 is 15.6 Å². The number of rotatable bonds is 6. The van der Waals surface area contributed by atoms with Crippen molar-refractivity contribution >= 4 is 17.7 Å². The molecule has 3 amide bonds. The Balaban J connectivity index is 1.59. The lowest BCUT2D eigenvalue weighted by Gasteiger charge is -2.36. The van der Waals surface area contributed by atoms with E-state index in [2.05, 4.69) is 10.9 Å². The average molecular weight is 434 g/mol. The van der Waals surface area contributed by atoms with Crippen LogP contribution in [0.25, 0.3) is 0 Å². The highest BCUT2D eigenvalue weighted by Crippen LogP contribution is 2.25. The summed E-state index contributed by atoms with van der Waals surface area (Å²) in [5, 5.41) is 8.81. The molecule has 166 valence electrons. The minimum atomic E-state index is -0.712. The molecule has 0 radical (unpaired) electrons. The summed E-state index contributed by atoms with van der Waals surface area (Å²) < 4.78 is 5.36. The van der Waals surface area contributed by atoms with Gasteiger partial charge in [-0.15, -0.1) is 0 Å². The molecule has 0 saturated heterocycles. The van der Waals surface area contributed by atoms with Gasteiger partial charge in [0.2, 0.25) is 5.91 Å². The molecule has 0 aliphatic carbocycles. The number of nitrogens with zero attached hydrogens (tertiary/aromatic N) is 2. The number of carbonyl (C=O) groups excluding carboxylic acids is 3. The smallest absolute Gasteiger partial charge is 0.276 e. The summed E-state index contributed by atoms with van der Waals surface area (Å²) in [6, 6.07) is 15.4. The standard InChI is InChI=1S/C24H26N4O4/c1-16(2)11-23(30)28-14-19-6-4-3-5-18(19)12-21(28)24(31)27-26-22(29)15-32-20-9-7-17(13-25)8-10-20/h3-10,16,21H,11-12,14-15H2,1-2H3,(H,26,29)(H,27,31). The Hall–Kier alpha value is -3.86. The molecule has 0 bridgehead atoms. The van der Waals surface area contributed by atoms with Crippen molar-refractivity contribution < 1.29 is 19.1 Å². The second-order valence-corrected chi connectivity index (χ2v) is 8.07. The third kappa shape index (κ3) is 5.85. The molecule has 1 atom stereocenters. The van der Waals surface area contributed by atoms with Gasteiger partial charge in [-0.2, -0.15) is 5.26 Å². The Labute approximate surface area is 187 Å². The fourth-order valence-electron chi connectivity index (χ4n) is 3.51. The van der Waals surface area contributed by atoms with Crippen molar-refractivity contribution in [3.8, 4) is 11.8 Å². The maximum absolute atomic E-state index is 12.9. The van der Waals surface area contributed by atoms with Crippen LogP contribution >= 0.6 is 0 Å². The van der Waals surface area contributed by atoms with Crippen LogP contribution in [0.15, 0.2) is 48.5 Å². The van der Waals surface area contributed by atoms with Gasteiger partial charge in [-0.25, -0.2) is 0 Å². The molecule has 1 heterocycles. The van der Waals surface area contributed by atoms with Crippen LogP contribution in [0.5, 0.6) is 5.75 Å². The van der Waals surface area contributed by atoms with E-state index in [0.29, 0.717) is 30.7 Å². The maximum Gasteiger partial charge on any atom is 0.276 e. The van der Waals surface area contributed by atoms with Gasteiger partial charge in [0.15, 0.2) is 6.61 Å². The summed E-state index contributed by atoms with van der Waals surface area (Å²) in [5.41, 5.74) is 7.28. The van der Waals surface area contributed by atoms with Crippen LogP contribution in [0.3, 0.4) is 0 Å². The summed E-state index contributed by atoms with van der Waals surface area (Å²) in [6.45, 7) is 3.96. The number of benzene rings is 2. The molecule has 0 saturated carbocycles. The van der Waals surface area contributed by atoms with Crippen LogP contribution in [0.2, 0.25) is 0 Å². The highest BCUT2D eigenvalue weighted by Gasteiger charge is 2.34. The summed E-state index contributed by atoms with van der Waals surface area (Å²) >= 11 is 0. The molecule has 1 unspecified atom stereocenters. The van der Waals surface area contributed by atoms with E-state index < -0.39 is 17.9 Å². The second-order valence-electron chi connectivity index (χ2n) is 8.07. The average Bonchev–Trinajstić information content (AvgIpc) is 2.80. The third-order valence-corrected chi connectivity index (χ3v) is 5.13. The van der Waals surface area contributed by atoms with Gasteiger partial charge in [0.05, 0.1) is 11.6 Å². The van der Waals surface area contributed by atoms with Crippen molar-refractivity contribution in [1.29, 1.82) is 5.26 Å². The molecule has 0 spiro atoms. The lowest BCUT2D eigenvalue weighted by Crippen LogP contribution is -2.56. The van der Waals surface area contributed by atoms with Gasteiger partial charge in [-0.3, -0.25) is 25.2 Å². The van der Waals surface area contributed by atoms with Gasteiger partial charge < -0.3 is 9.64 Å². The number of amides is 3. The number of carbonyl (C=O) groups is 3. The van der Waals surface area contributed by atoms with Crippen LogP contribution in [0.1, 0.15) is 37.0 Å². The van der Waals surface area contributed by atoms with Gasteiger partial charge in [0, 0.05) is 19.4 Å². The molecule has 8 nitrogen and oxygen atoms in total. The Morgan fingerprint density at radius 3 is 2.44 bits per heavy atom. The first-order valence-corrected chi connectivity index (χ1v) is 10.4. The molecule has 2 aromatic rings. The van der Waals surface area contributed by atoms with E-state index in [1.54, 1.807) is 29.2 Å². The van der Waals surface area contributed by atoms with Crippen molar-refractivity contribution in [1.82, 2.24) is 15.8 Å². The van der Waals surface area contributed by atoms with Gasteiger partial charge in [-0.1, -0.05) is 38.1 Å². The van der Waals surface area contributed by atoms with E-state index in [-0.39, 0.29) is 18.4 Å². The van der Waals surface area contributed by atoms with Crippen LogP contribution in [0, 0.1) is 17.2 Å². The summed E-state index contributed by atoms with van der Waals surface area (Å²) in [5.74, 6) is -0.491. The first kappa shape index (κ1) is 22.8. The monoisotopic (exact) mass is 434 g/mol. The molecule has 32 heavy (non-hydrogen) atoms. The Morgan fingerprint density at radius 1 is 1.09 bits per heavy atom. The lowest BCUT2D eigenvalue weighted by molar-refractivity contribution is -0.143. The van der Waals surface area contributed by atoms with Gasteiger partial charge >= 0.3 is 0 Å². The summed E-state index contributed by atoms with van der Waals surface area (Å²) in [6.07, 6.45) is 0.722. The number of nitrogens with one attached hydrogen (secondary N) is 2. The van der Waals surface area contributed by atoms with E-state index in [1.165, 1.54) is 0 Å². The normalized spacial score (nSPS) is 14.8. The molecule has 0 aromatic heterocycles. The van der Waals surface area contributed by atoms with Crippen molar-refractivity contribution in [3.05, 3.63) is 65.2 Å². The second kappa shape index (κ2) is 10.4. The van der Waals surface area contributed by atoms with Crippen molar-refractivity contribution in [3.63, 3.8) is 0 Å². The number of hydrogen-bond donors (Lipinski definition) is 2. The Bertz CT molecular complexity index is 1030.